The topological polar surface area (TPSA) is 175 Å². The molecule has 11 heteroatoms. The minimum Gasteiger partial charge on any atom is -0.466 e. The minimum absolute atomic E-state index is 0.00254. The van der Waals surface area contributed by atoms with Gasteiger partial charge in [0, 0.05) is 12.8 Å². The summed E-state index contributed by atoms with van der Waals surface area (Å²) in [6.45, 7) is 4.34. The van der Waals surface area contributed by atoms with Gasteiger partial charge in [-0.1, -0.05) is 313 Å². The Morgan fingerprint density at radius 3 is 1.18 bits per heavy atom. The van der Waals surface area contributed by atoms with Crippen molar-refractivity contribution in [3.8, 4) is 0 Å². The first-order valence-electron chi connectivity index (χ1n) is 37.9. The fraction of sp³-hybridized carbons (Fsp3) is 0.870. The summed E-state index contributed by atoms with van der Waals surface area (Å²) >= 11 is 0. The fourth-order valence-corrected chi connectivity index (χ4v) is 11.9. The molecule has 1 rings (SSSR count). The molecule has 7 unspecified atom stereocenters. The van der Waals surface area contributed by atoms with E-state index in [2.05, 4.69) is 55.6 Å². The summed E-state index contributed by atoms with van der Waals surface area (Å²) in [7, 11) is 0. The zero-order valence-corrected chi connectivity index (χ0v) is 57.4. The lowest BCUT2D eigenvalue weighted by Gasteiger charge is -2.40. The first kappa shape index (κ1) is 83.6. The van der Waals surface area contributed by atoms with Gasteiger partial charge >= 0.3 is 5.97 Å². The molecule has 0 aliphatic carbocycles. The second-order valence-corrected chi connectivity index (χ2v) is 26.3. The normalized spacial score (nSPS) is 18.0. The van der Waals surface area contributed by atoms with Crippen molar-refractivity contribution >= 4 is 11.9 Å². The summed E-state index contributed by atoms with van der Waals surface area (Å²) in [5.41, 5.74) is 0. The van der Waals surface area contributed by atoms with Gasteiger partial charge < -0.3 is 45.1 Å². The maximum Gasteiger partial charge on any atom is 0.305 e. The van der Waals surface area contributed by atoms with Gasteiger partial charge in [0.25, 0.3) is 0 Å². The number of unbranched alkanes of at least 4 members (excludes halogenated alkanes) is 47. The third-order valence-corrected chi connectivity index (χ3v) is 17.9. The molecule has 1 fully saturated rings. The van der Waals surface area contributed by atoms with Crippen molar-refractivity contribution in [1.29, 1.82) is 0 Å². The van der Waals surface area contributed by atoms with Gasteiger partial charge in [-0.2, -0.15) is 0 Å². The summed E-state index contributed by atoms with van der Waals surface area (Å²) in [6.07, 6.45) is 77.0. The number of carbonyl (C=O) groups is 2. The first-order valence-corrected chi connectivity index (χ1v) is 37.9. The van der Waals surface area contributed by atoms with E-state index in [1.54, 1.807) is 6.08 Å². The highest BCUT2D eigenvalue weighted by Crippen LogP contribution is 2.23. The number of nitrogens with one attached hydrogen (secondary N) is 1. The molecule has 7 atom stereocenters. The third-order valence-electron chi connectivity index (χ3n) is 17.9. The number of amides is 1. The molecule has 1 aliphatic heterocycles. The van der Waals surface area contributed by atoms with Crippen molar-refractivity contribution in [3.05, 3.63) is 48.6 Å². The smallest absolute Gasteiger partial charge is 0.305 e. The number of hydrogen-bond donors (Lipinski definition) is 6. The van der Waals surface area contributed by atoms with Gasteiger partial charge in [0.05, 0.1) is 32.0 Å². The molecular formula is C77H143NO10. The van der Waals surface area contributed by atoms with Crippen molar-refractivity contribution in [1.82, 2.24) is 5.32 Å². The van der Waals surface area contributed by atoms with Crippen molar-refractivity contribution in [2.45, 2.75) is 410 Å². The molecule has 1 amide bonds. The van der Waals surface area contributed by atoms with Crippen LogP contribution >= 0.6 is 0 Å². The molecule has 6 N–H and O–H groups in total. The Morgan fingerprint density at radius 2 is 0.761 bits per heavy atom. The molecular weight excluding hydrogens is 1100 g/mol. The lowest BCUT2D eigenvalue weighted by molar-refractivity contribution is -0.302. The second kappa shape index (κ2) is 66.1. The highest BCUT2D eigenvalue weighted by Gasteiger charge is 2.44. The highest BCUT2D eigenvalue weighted by atomic mass is 16.7. The second-order valence-electron chi connectivity index (χ2n) is 26.3. The Morgan fingerprint density at radius 1 is 0.420 bits per heavy atom. The molecule has 11 nitrogen and oxygen atoms in total. The van der Waals surface area contributed by atoms with Crippen molar-refractivity contribution in [2.75, 3.05) is 19.8 Å². The van der Waals surface area contributed by atoms with Gasteiger partial charge in [0.1, 0.15) is 24.4 Å². The van der Waals surface area contributed by atoms with Gasteiger partial charge in [0.15, 0.2) is 6.29 Å². The van der Waals surface area contributed by atoms with Crippen LogP contribution in [-0.2, 0) is 23.8 Å². The number of allylic oxidation sites excluding steroid dienone is 7. The van der Waals surface area contributed by atoms with E-state index in [4.69, 9.17) is 14.2 Å². The highest BCUT2D eigenvalue weighted by molar-refractivity contribution is 5.76. The summed E-state index contributed by atoms with van der Waals surface area (Å²) < 4.78 is 16.7. The number of esters is 1. The van der Waals surface area contributed by atoms with E-state index >= 15 is 0 Å². The lowest BCUT2D eigenvalue weighted by Crippen LogP contribution is -2.60. The van der Waals surface area contributed by atoms with Crippen LogP contribution in [0.25, 0.3) is 0 Å². The molecule has 0 saturated carbocycles. The van der Waals surface area contributed by atoms with Crippen LogP contribution in [0.3, 0.4) is 0 Å². The molecule has 0 aromatic carbocycles. The van der Waals surface area contributed by atoms with E-state index in [0.29, 0.717) is 19.4 Å². The fourth-order valence-electron chi connectivity index (χ4n) is 11.9. The molecule has 0 bridgehead atoms. The van der Waals surface area contributed by atoms with Crippen LogP contribution in [-0.4, -0.2) is 100 Å². The monoisotopic (exact) mass is 1240 g/mol. The molecule has 88 heavy (non-hydrogen) atoms. The first-order chi connectivity index (χ1) is 43.2. The van der Waals surface area contributed by atoms with Crippen LogP contribution in [0, 0.1) is 0 Å². The van der Waals surface area contributed by atoms with Crippen LogP contribution < -0.4 is 5.32 Å². The van der Waals surface area contributed by atoms with Gasteiger partial charge in [0.2, 0.25) is 5.91 Å². The predicted octanol–water partition coefficient (Wildman–Crippen LogP) is 19.9. The molecule has 0 radical (unpaired) electrons. The number of ether oxygens (including phenoxy) is 3. The standard InChI is InChI=1S/C77H143NO10/c1-3-5-7-9-11-13-15-45-49-53-57-61-65-73(82)86-66-62-58-54-50-46-42-40-38-36-34-32-30-28-26-24-22-20-18-16-17-19-21-23-25-27-29-31-33-35-37-39-41-44-48-52-56-60-64-72(81)78-69(68-87-77-76(85)75(84)74(83)71(67-79)88-77)70(80)63-59-55-51-47-43-14-12-10-8-6-4-2/h11,13,16,18,22,24,59,63,69-71,74-77,79-80,83-85H,3-10,12,14-15,17,19-21,23,25-58,60-62,64-68H2,1-2H3,(H,78,81)/b13-11-,18-16-,24-22-,63-59+. The van der Waals surface area contributed by atoms with E-state index in [-0.39, 0.29) is 18.5 Å². The quantitative estimate of drug-likeness (QED) is 0.0195. The number of carbonyl (C=O) groups excluding carboxylic acids is 2. The van der Waals surface area contributed by atoms with E-state index in [0.717, 1.165) is 64.2 Å². The van der Waals surface area contributed by atoms with Gasteiger partial charge in [-0.05, 0) is 89.9 Å². The van der Waals surface area contributed by atoms with E-state index in [1.807, 2.05) is 6.08 Å². The summed E-state index contributed by atoms with van der Waals surface area (Å²) in [6, 6.07) is -0.808. The molecule has 0 aromatic rings. The SMILES string of the molecule is CCCCC/C=C\CCCCCCCC(=O)OCCCCCCCCCCCCCCC/C=C\C/C=C\CCCCCCCCCCCCCCCCCCCC(=O)NC(COC1OC(CO)C(O)C(O)C1O)C(O)/C=C/CCCCCCCCCCC. The van der Waals surface area contributed by atoms with Crippen LogP contribution in [0.15, 0.2) is 48.6 Å². The number of rotatable bonds is 67. The molecule has 0 spiro atoms. The van der Waals surface area contributed by atoms with Crippen molar-refractivity contribution in [3.63, 3.8) is 0 Å². The number of hydrogen-bond acceptors (Lipinski definition) is 10. The third kappa shape index (κ3) is 54.2. The summed E-state index contributed by atoms with van der Waals surface area (Å²) in [5, 5.41) is 54.4. The van der Waals surface area contributed by atoms with Crippen molar-refractivity contribution < 1.29 is 49.3 Å². The van der Waals surface area contributed by atoms with E-state index in [9.17, 15) is 35.1 Å². The van der Waals surface area contributed by atoms with E-state index < -0.39 is 49.5 Å². The molecule has 1 aliphatic rings. The van der Waals surface area contributed by atoms with Crippen LogP contribution in [0.5, 0.6) is 0 Å². The zero-order chi connectivity index (χ0) is 63.7. The van der Waals surface area contributed by atoms with Crippen LogP contribution in [0.2, 0.25) is 0 Å². The maximum atomic E-state index is 13.1. The van der Waals surface area contributed by atoms with Gasteiger partial charge in [-0.3, -0.25) is 9.59 Å². The average Bonchev–Trinajstić information content (AvgIpc) is 3.73. The largest absolute Gasteiger partial charge is 0.466 e. The molecule has 1 saturated heterocycles. The number of aliphatic hydroxyl groups is 5. The maximum absolute atomic E-state index is 13.1. The number of aliphatic hydroxyl groups excluding tert-OH is 5. The Balaban J connectivity index is 1.91. The Bertz CT molecular complexity index is 1600. The lowest BCUT2D eigenvalue weighted by atomic mass is 9.99. The Kier molecular flexibility index (Phi) is 62.8. The predicted molar refractivity (Wildman–Crippen MR) is 370 cm³/mol. The Labute approximate surface area is 542 Å². The average molecular weight is 1240 g/mol. The molecule has 1 heterocycles. The van der Waals surface area contributed by atoms with E-state index in [1.165, 1.54) is 276 Å². The zero-order valence-electron chi connectivity index (χ0n) is 57.4. The Hall–Kier alpha value is -2.38. The minimum atomic E-state index is -1.57. The summed E-state index contributed by atoms with van der Waals surface area (Å²) in [4.78, 5) is 25.1. The molecule has 516 valence electrons. The summed E-state index contributed by atoms with van der Waals surface area (Å²) in [5.74, 6) is -0.176. The van der Waals surface area contributed by atoms with Crippen LogP contribution in [0.4, 0.5) is 0 Å². The van der Waals surface area contributed by atoms with Crippen LogP contribution in [0.1, 0.15) is 367 Å². The van der Waals surface area contributed by atoms with Gasteiger partial charge in [-0.15, -0.1) is 0 Å². The van der Waals surface area contributed by atoms with Gasteiger partial charge in [-0.25, -0.2) is 0 Å². The van der Waals surface area contributed by atoms with Crippen molar-refractivity contribution in [2.24, 2.45) is 0 Å². The molecule has 0 aromatic heterocycles.